The standard InChI is InChI=1S/C20H28N4O/c1-23-18-10-6-5-9-17(18)22-20(23)24-13-11-15(12-14-24)19(25)21-16-7-3-2-4-8-16/h5-6,9-10,15-16H,2-4,7-8,11-14H2,1H3,(H,21,25). The molecule has 1 saturated heterocycles. The first kappa shape index (κ1) is 16.4. The molecule has 0 bridgehead atoms. The first-order chi connectivity index (χ1) is 12.2. The van der Waals surface area contributed by atoms with E-state index in [1.165, 1.54) is 19.3 Å². The molecule has 25 heavy (non-hydrogen) atoms. The third kappa shape index (κ3) is 3.37. The predicted molar refractivity (Wildman–Crippen MR) is 101 cm³/mol. The van der Waals surface area contributed by atoms with Crippen LogP contribution < -0.4 is 10.2 Å². The Morgan fingerprint density at radius 2 is 1.80 bits per heavy atom. The second kappa shape index (κ2) is 7.06. The molecule has 1 aliphatic carbocycles. The number of rotatable bonds is 3. The van der Waals surface area contributed by atoms with Crippen LogP contribution in [0.25, 0.3) is 11.0 Å². The van der Waals surface area contributed by atoms with Gasteiger partial charge in [-0.2, -0.15) is 0 Å². The van der Waals surface area contributed by atoms with E-state index in [1.807, 2.05) is 6.07 Å². The number of hydrogen-bond donors (Lipinski definition) is 1. The van der Waals surface area contributed by atoms with Crippen LogP contribution >= 0.6 is 0 Å². The number of para-hydroxylation sites is 2. The summed E-state index contributed by atoms with van der Waals surface area (Å²) in [5.41, 5.74) is 2.20. The molecule has 1 saturated carbocycles. The quantitative estimate of drug-likeness (QED) is 0.933. The van der Waals surface area contributed by atoms with Crippen molar-refractivity contribution in [3.05, 3.63) is 24.3 Å². The van der Waals surface area contributed by atoms with Crippen LogP contribution in [0.5, 0.6) is 0 Å². The maximum Gasteiger partial charge on any atom is 0.223 e. The van der Waals surface area contributed by atoms with Crippen LogP contribution in [0, 0.1) is 5.92 Å². The van der Waals surface area contributed by atoms with Gasteiger partial charge in [-0.1, -0.05) is 31.4 Å². The molecule has 1 amide bonds. The molecule has 2 aliphatic rings. The van der Waals surface area contributed by atoms with Gasteiger partial charge in [-0.15, -0.1) is 0 Å². The number of anilines is 1. The lowest BCUT2D eigenvalue weighted by atomic mass is 9.92. The van der Waals surface area contributed by atoms with Crippen LogP contribution in [0.3, 0.4) is 0 Å². The van der Waals surface area contributed by atoms with Crippen LogP contribution in [0.1, 0.15) is 44.9 Å². The highest BCUT2D eigenvalue weighted by Crippen LogP contribution is 2.26. The van der Waals surface area contributed by atoms with Crippen LogP contribution in [0.15, 0.2) is 24.3 Å². The fourth-order valence-corrected chi connectivity index (χ4v) is 4.32. The number of nitrogens with one attached hydrogen (secondary N) is 1. The number of benzene rings is 1. The van der Waals surface area contributed by atoms with Crippen molar-refractivity contribution >= 4 is 22.9 Å². The van der Waals surface area contributed by atoms with E-state index in [1.54, 1.807) is 0 Å². The number of fused-ring (bicyclic) bond motifs is 1. The lowest BCUT2D eigenvalue weighted by Gasteiger charge is -2.33. The summed E-state index contributed by atoms with van der Waals surface area (Å²) < 4.78 is 2.16. The number of nitrogens with zero attached hydrogens (tertiary/aromatic N) is 3. The number of aromatic nitrogens is 2. The molecule has 134 valence electrons. The molecule has 1 aliphatic heterocycles. The molecule has 0 atom stereocenters. The van der Waals surface area contributed by atoms with Crippen molar-refractivity contribution in [2.24, 2.45) is 13.0 Å². The van der Waals surface area contributed by atoms with Gasteiger partial charge < -0.3 is 14.8 Å². The van der Waals surface area contributed by atoms with Crippen molar-refractivity contribution < 1.29 is 4.79 Å². The predicted octanol–water partition coefficient (Wildman–Crippen LogP) is 3.24. The fraction of sp³-hybridized carbons (Fsp3) is 0.600. The summed E-state index contributed by atoms with van der Waals surface area (Å²) in [4.78, 5) is 19.7. The van der Waals surface area contributed by atoms with Crippen molar-refractivity contribution in [2.45, 2.75) is 51.0 Å². The Morgan fingerprint density at radius 3 is 2.52 bits per heavy atom. The van der Waals surface area contributed by atoms with Crippen LogP contribution in [-0.2, 0) is 11.8 Å². The molecule has 0 spiro atoms. The molecule has 1 aromatic heterocycles. The van der Waals surface area contributed by atoms with Gasteiger partial charge in [-0.3, -0.25) is 4.79 Å². The minimum atomic E-state index is 0.160. The van der Waals surface area contributed by atoms with E-state index in [-0.39, 0.29) is 11.8 Å². The van der Waals surface area contributed by atoms with E-state index in [0.717, 1.165) is 55.8 Å². The Morgan fingerprint density at radius 1 is 1.08 bits per heavy atom. The summed E-state index contributed by atoms with van der Waals surface area (Å²) in [6.45, 7) is 1.81. The van der Waals surface area contributed by atoms with Gasteiger partial charge in [0.15, 0.2) is 0 Å². The number of piperidine rings is 1. The highest BCUT2D eigenvalue weighted by molar-refractivity contribution is 5.80. The molecular formula is C20H28N4O. The normalized spacial score (nSPS) is 20.1. The van der Waals surface area contributed by atoms with E-state index in [9.17, 15) is 4.79 Å². The molecule has 2 fully saturated rings. The molecule has 1 N–H and O–H groups in total. The summed E-state index contributed by atoms with van der Waals surface area (Å²) in [7, 11) is 2.08. The Bertz CT molecular complexity index is 739. The lowest BCUT2D eigenvalue weighted by molar-refractivity contribution is -0.126. The van der Waals surface area contributed by atoms with E-state index >= 15 is 0 Å². The minimum Gasteiger partial charge on any atom is -0.353 e. The van der Waals surface area contributed by atoms with Gasteiger partial charge in [0.05, 0.1) is 11.0 Å². The van der Waals surface area contributed by atoms with Gasteiger partial charge in [0.1, 0.15) is 0 Å². The van der Waals surface area contributed by atoms with Gasteiger partial charge in [0.2, 0.25) is 11.9 Å². The molecule has 1 aromatic carbocycles. The SMILES string of the molecule is Cn1c(N2CCC(C(=O)NC3CCCCC3)CC2)nc2ccccc21. The number of imidazole rings is 1. The Balaban J connectivity index is 1.37. The van der Waals surface area contributed by atoms with Crippen molar-refractivity contribution in [2.75, 3.05) is 18.0 Å². The average molecular weight is 340 g/mol. The highest BCUT2D eigenvalue weighted by Gasteiger charge is 2.28. The molecule has 4 rings (SSSR count). The van der Waals surface area contributed by atoms with Crippen LogP contribution in [-0.4, -0.2) is 34.6 Å². The minimum absolute atomic E-state index is 0.160. The second-order valence-corrected chi connectivity index (χ2v) is 7.56. The van der Waals surface area contributed by atoms with Crippen molar-refractivity contribution in [1.82, 2.24) is 14.9 Å². The Labute approximate surface area is 149 Å². The zero-order chi connectivity index (χ0) is 17.2. The largest absolute Gasteiger partial charge is 0.353 e. The van der Waals surface area contributed by atoms with Gasteiger partial charge >= 0.3 is 0 Å². The number of amides is 1. The van der Waals surface area contributed by atoms with Crippen molar-refractivity contribution in [3.63, 3.8) is 0 Å². The zero-order valence-electron chi connectivity index (χ0n) is 15.1. The Kier molecular flexibility index (Phi) is 4.64. The van der Waals surface area contributed by atoms with Crippen molar-refractivity contribution in [3.8, 4) is 0 Å². The smallest absolute Gasteiger partial charge is 0.223 e. The van der Waals surface area contributed by atoms with Gasteiger partial charge in [-0.25, -0.2) is 4.98 Å². The van der Waals surface area contributed by atoms with Gasteiger partial charge in [0, 0.05) is 32.1 Å². The lowest BCUT2D eigenvalue weighted by Crippen LogP contribution is -2.44. The summed E-state index contributed by atoms with van der Waals surface area (Å²) in [5.74, 6) is 1.46. The number of carbonyl (C=O) groups excluding carboxylic acids is 1. The molecule has 0 unspecified atom stereocenters. The summed E-state index contributed by atoms with van der Waals surface area (Å²) in [6, 6.07) is 8.66. The van der Waals surface area contributed by atoms with Gasteiger partial charge in [0.25, 0.3) is 0 Å². The van der Waals surface area contributed by atoms with E-state index < -0.39 is 0 Å². The number of carbonyl (C=O) groups is 1. The molecule has 2 aromatic rings. The van der Waals surface area contributed by atoms with E-state index in [2.05, 4.69) is 40.0 Å². The number of aryl methyl sites for hydroxylation is 1. The molecule has 5 heteroatoms. The third-order valence-electron chi connectivity index (χ3n) is 5.86. The van der Waals surface area contributed by atoms with E-state index in [0.29, 0.717) is 6.04 Å². The topological polar surface area (TPSA) is 50.2 Å². The summed E-state index contributed by atoms with van der Waals surface area (Å²) in [6.07, 6.45) is 7.99. The van der Waals surface area contributed by atoms with Crippen LogP contribution in [0.4, 0.5) is 5.95 Å². The molecule has 0 radical (unpaired) electrons. The average Bonchev–Trinajstić information content (AvgIpc) is 3.00. The fourth-order valence-electron chi connectivity index (χ4n) is 4.32. The highest BCUT2D eigenvalue weighted by atomic mass is 16.1. The second-order valence-electron chi connectivity index (χ2n) is 7.56. The Hall–Kier alpha value is -2.04. The molecule has 2 heterocycles. The first-order valence-corrected chi connectivity index (χ1v) is 9.69. The maximum atomic E-state index is 12.6. The first-order valence-electron chi connectivity index (χ1n) is 9.69. The van der Waals surface area contributed by atoms with E-state index in [4.69, 9.17) is 4.98 Å². The zero-order valence-corrected chi connectivity index (χ0v) is 15.1. The van der Waals surface area contributed by atoms with Crippen LogP contribution in [0.2, 0.25) is 0 Å². The summed E-state index contributed by atoms with van der Waals surface area (Å²) >= 11 is 0. The molecular weight excluding hydrogens is 312 g/mol. The summed E-state index contributed by atoms with van der Waals surface area (Å²) in [5, 5.41) is 3.30. The van der Waals surface area contributed by atoms with Gasteiger partial charge in [-0.05, 0) is 37.8 Å². The third-order valence-corrected chi connectivity index (χ3v) is 5.86. The van der Waals surface area contributed by atoms with Crippen molar-refractivity contribution in [1.29, 1.82) is 0 Å². The number of hydrogen-bond acceptors (Lipinski definition) is 3. The monoisotopic (exact) mass is 340 g/mol. The molecule has 5 nitrogen and oxygen atoms in total. The maximum absolute atomic E-state index is 12.6.